The first kappa shape index (κ1) is 22.4. The molecule has 0 saturated carbocycles. The first-order valence-electron chi connectivity index (χ1n) is 10.0. The highest BCUT2D eigenvalue weighted by atomic mass is 32.2. The van der Waals surface area contributed by atoms with E-state index in [1.807, 2.05) is 18.2 Å². The maximum absolute atomic E-state index is 12.6. The van der Waals surface area contributed by atoms with Gasteiger partial charge in [0.25, 0.3) is 0 Å². The van der Waals surface area contributed by atoms with Crippen molar-refractivity contribution < 1.29 is 19.1 Å². The molecule has 1 aromatic carbocycles. The normalized spacial score (nSPS) is 12.9. The number of hydrogen-bond acceptors (Lipinski definition) is 6. The highest BCUT2D eigenvalue weighted by molar-refractivity contribution is 7.99. The van der Waals surface area contributed by atoms with Gasteiger partial charge in [-0.25, -0.2) is 4.79 Å². The van der Waals surface area contributed by atoms with Crippen LogP contribution >= 0.6 is 23.1 Å². The number of thiophene rings is 1. The summed E-state index contributed by atoms with van der Waals surface area (Å²) in [5.41, 5.74) is 1.35. The van der Waals surface area contributed by atoms with Gasteiger partial charge in [-0.3, -0.25) is 9.59 Å². The fourth-order valence-electron chi connectivity index (χ4n) is 3.31. The van der Waals surface area contributed by atoms with Crippen molar-refractivity contribution in [2.75, 3.05) is 24.2 Å². The Morgan fingerprint density at radius 3 is 2.70 bits per heavy atom. The summed E-state index contributed by atoms with van der Waals surface area (Å²) < 4.78 is 5.23. The summed E-state index contributed by atoms with van der Waals surface area (Å²) in [6.07, 6.45) is 1.71. The number of fused-ring (bicyclic) bond motifs is 1. The average Bonchev–Trinajstić information content (AvgIpc) is 3.09. The third kappa shape index (κ3) is 5.64. The minimum absolute atomic E-state index is 0.00763. The molecule has 6 nitrogen and oxygen atoms in total. The van der Waals surface area contributed by atoms with E-state index in [4.69, 9.17) is 4.74 Å². The van der Waals surface area contributed by atoms with Crippen molar-refractivity contribution in [3.8, 4) is 0 Å². The number of thioether (sulfide) groups is 1. The summed E-state index contributed by atoms with van der Waals surface area (Å²) >= 11 is 3.09. The highest BCUT2D eigenvalue weighted by Gasteiger charge is 2.30. The molecule has 2 heterocycles. The summed E-state index contributed by atoms with van der Waals surface area (Å²) in [5, 5.41) is 3.45. The van der Waals surface area contributed by atoms with E-state index in [0.29, 0.717) is 36.5 Å². The largest absolute Gasteiger partial charge is 0.462 e. The monoisotopic (exact) mass is 446 g/mol. The van der Waals surface area contributed by atoms with Gasteiger partial charge >= 0.3 is 5.97 Å². The second-order valence-corrected chi connectivity index (χ2v) is 9.21. The van der Waals surface area contributed by atoms with Gasteiger partial charge < -0.3 is 15.0 Å². The molecular weight excluding hydrogens is 420 g/mol. The van der Waals surface area contributed by atoms with Gasteiger partial charge in [-0.05, 0) is 43.2 Å². The lowest BCUT2D eigenvalue weighted by molar-refractivity contribution is -0.129. The SMILES string of the molecule is CCOC(=O)c1c(NC(=O)CCCSc2ccccc2)sc2c1CCN(C(C)=O)C2. The molecule has 0 unspecified atom stereocenters. The fraction of sp³-hybridized carbons (Fsp3) is 0.409. The van der Waals surface area contributed by atoms with Crippen LogP contribution in [0.4, 0.5) is 5.00 Å². The molecule has 0 fully saturated rings. The van der Waals surface area contributed by atoms with Crippen LogP contribution in [0.25, 0.3) is 0 Å². The molecular formula is C22H26N2O4S2. The molecule has 1 aliphatic heterocycles. The van der Waals surface area contributed by atoms with E-state index in [0.717, 1.165) is 22.6 Å². The Hall–Kier alpha value is -2.32. The fourth-order valence-corrected chi connectivity index (χ4v) is 5.45. The second kappa shape index (κ2) is 10.6. The minimum Gasteiger partial charge on any atom is -0.462 e. The highest BCUT2D eigenvalue weighted by Crippen LogP contribution is 2.38. The molecule has 8 heteroatoms. The van der Waals surface area contributed by atoms with Gasteiger partial charge in [-0.15, -0.1) is 23.1 Å². The molecule has 0 bridgehead atoms. The van der Waals surface area contributed by atoms with Gasteiger partial charge in [0.2, 0.25) is 11.8 Å². The Morgan fingerprint density at radius 2 is 2.00 bits per heavy atom. The van der Waals surface area contributed by atoms with E-state index in [9.17, 15) is 14.4 Å². The lowest BCUT2D eigenvalue weighted by Gasteiger charge is -2.25. The molecule has 3 rings (SSSR count). The van der Waals surface area contributed by atoms with Crippen LogP contribution in [0.3, 0.4) is 0 Å². The number of rotatable bonds is 8. The molecule has 1 aliphatic rings. The molecule has 0 aliphatic carbocycles. The van der Waals surface area contributed by atoms with Crippen LogP contribution in [0.15, 0.2) is 35.2 Å². The molecule has 0 spiro atoms. The van der Waals surface area contributed by atoms with Crippen LogP contribution in [0.1, 0.15) is 47.5 Å². The van der Waals surface area contributed by atoms with Crippen molar-refractivity contribution in [1.29, 1.82) is 0 Å². The zero-order chi connectivity index (χ0) is 21.5. The molecule has 1 N–H and O–H groups in total. The maximum Gasteiger partial charge on any atom is 0.341 e. The average molecular weight is 447 g/mol. The van der Waals surface area contributed by atoms with Crippen molar-refractivity contribution >= 4 is 45.9 Å². The zero-order valence-corrected chi connectivity index (χ0v) is 18.9. The first-order chi connectivity index (χ1) is 14.5. The van der Waals surface area contributed by atoms with Gasteiger partial charge in [0, 0.05) is 29.7 Å². The Kier molecular flexibility index (Phi) is 7.93. The number of carbonyl (C=O) groups excluding carboxylic acids is 3. The van der Waals surface area contributed by atoms with E-state index in [-0.39, 0.29) is 18.4 Å². The number of ether oxygens (including phenoxy) is 1. The van der Waals surface area contributed by atoms with E-state index < -0.39 is 5.97 Å². The standard InChI is InChI=1S/C22H26N2O4S2/c1-3-28-22(27)20-17-11-12-24(15(2)25)14-18(17)30-21(20)23-19(26)10-7-13-29-16-8-5-4-6-9-16/h4-6,8-9H,3,7,10-14H2,1-2H3,(H,23,26). The van der Waals surface area contributed by atoms with Crippen LogP contribution in [-0.4, -0.2) is 41.6 Å². The number of amides is 2. The van der Waals surface area contributed by atoms with Crippen molar-refractivity contribution in [2.24, 2.45) is 0 Å². The number of nitrogens with one attached hydrogen (secondary N) is 1. The minimum atomic E-state index is -0.416. The summed E-state index contributed by atoms with van der Waals surface area (Å²) in [5.74, 6) is 0.321. The van der Waals surface area contributed by atoms with Crippen molar-refractivity contribution in [1.82, 2.24) is 4.90 Å². The maximum atomic E-state index is 12.6. The van der Waals surface area contributed by atoms with E-state index in [2.05, 4.69) is 17.4 Å². The molecule has 0 atom stereocenters. The van der Waals surface area contributed by atoms with Gasteiger partial charge in [-0.1, -0.05) is 18.2 Å². The van der Waals surface area contributed by atoms with Crippen molar-refractivity contribution in [3.63, 3.8) is 0 Å². The van der Waals surface area contributed by atoms with Crippen molar-refractivity contribution in [3.05, 3.63) is 46.3 Å². The Balaban J connectivity index is 1.64. The molecule has 160 valence electrons. The van der Waals surface area contributed by atoms with Crippen LogP contribution in [0, 0.1) is 0 Å². The number of anilines is 1. The number of esters is 1. The molecule has 0 saturated heterocycles. The lowest BCUT2D eigenvalue weighted by Crippen LogP contribution is -2.34. The smallest absolute Gasteiger partial charge is 0.341 e. The van der Waals surface area contributed by atoms with Crippen molar-refractivity contribution in [2.45, 2.75) is 44.6 Å². The number of nitrogens with zero attached hydrogens (tertiary/aromatic N) is 1. The van der Waals surface area contributed by atoms with E-state index >= 15 is 0 Å². The third-order valence-electron chi connectivity index (χ3n) is 4.79. The van der Waals surface area contributed by atoms with Crippen LogP contribution in [0.2, 0.25) is 0 Å². The quantitative estimate of drug-likeness (QED) is 0.371. The van der Waals surface area contributed by atoms with Gasteiger partial charge in [0.15, 0.2) is 0 Å². The Bertz CT molecular complexity index is 911. The van der Waals surface area contributed by atoms with Gasteiger partial charge in [0.05, 0.1) is 18.7 Å². The predicted molar refractivity (Wildman–Crippen MR) is 120 cm³/mol. The predicted octanol–water partition coefficient (Wildman–Crippen LogP) is 4.34. The summed E-state index contributed by atoms with van der Waals surface area (Å²) in [4.78, 5) is 40.7. The van der Waals surface area contributed by atoms with Gasteiger partial charge in [0.1, 0.15) is 5.00 Å². The lowest BCUT2D eigenvalue weighted by atomic mass is 10.0. The van der Waals surface area contributed by atoms with E-state index in [1.165, 1.54) is 16.2 Å². The number of benzene rings is 1. The second-order valence-electron chi connectivity index (χ2n) is 6.93. The Labute approximate surface area is 185 Å². The van der Waals surface area contributed by atoms with E-state index in [1.54, 1.807) is 30.5 Å². The van der Waals surface area contributed by atoms with Crippen LogP contribution in [0.5, 0.6) is 0 Å². The Morgan fingerprint density at radius 1 is 1.23 bits per heavy atom. The number of carbonyl (C=O) groups is 3. The molecule has 1 aromatic heterocycles. The molecule has 2 aromatic rings. The number of hydrogen-bond donors (Lipinski definition) is 1. The molecule has 30 heavy (non-hydrogen) atoms. The van der Waals surface area contributed by atoms with Crippen LogP contribution < -0.4 is 5.32 Å². The zero-order valence-electron chi connectivity index (χ0n) is 17.2. The summed E-state index contributed by atoms with van der Waals surface area (Å²) in [7, 11) is 0. The summed E-state index contributed by atoms with van der Waals surface area (Å²) in [6, 6.07) is 10.1. The topological polar surface area (TPSA) is 75.7 Å². The molecule has 0 radical (unpaired) electrons. The van der Waals surface area contributed by atoms with Gasteiger partial charge in [-0.2, -0.15) is 0 Å². The first-order valence-corrected chi connectivity index (χ1v) is 11.8. The summed E-state index contributed by atoms with van der Waals surface area (Å²) in [6.45, 7) is 4.60. The van der Waals surface area contributed by atoms with Crippen LogP contribution in [-0.2, 0) is 27.3 Å². The third-order valence-corrected chi connectivity index (χ3v) is 7.03. The molecule has 2 amide bonds.